The van der Waals surface area contributed by atoms with Gasteiger partial charge in [-0.3, -0.25) is 14.4 Å². The number of carbonyl (C=O) groups is 3. The maximum absolute atomic E-state index is 15.0. The number of aldehydes is 1. The average molecular weight is 591 g/mol. The molecule has 1 spiro atoms. The van der Waals surface area contributed by atoms with Crippen molar-refractivity contribution in [2.45, 2.75) is 103 Å². The smallest absolute Gasteiger partial charge is 0.180 e. The minimum atomic E-state index is -1.53. The van der Waals surface area contributed by atoms with Gasteiger partial charge in [0.05, 0.1) is 23.2 Å². The van der Waals surface area contributed by atoms with Crippen LogP contribution in [0.2, 0.25) is 0 Å². The van der Waals surface area contributed by atoms with E-state index in [4.69, 9.17) is 18.9 Å². The third-order valence-electron chi connectivity index (χ3n) is 10.1. The first-order valence-electron chi connectivity index (χ1n) is 15.3. The number of allylic oxidation sites excluding steroid dienone is 3. The predicted octanol–water partition coefficient (Wildman–Crippen LogP) is 5.72. The van der Waals surface area contributed by atoms with Crippen LogP contribution in [0.25, 0.3) is 6.08 Å². The Labute approximate surface area is 253 Å². The number of rotatable bonds is 7. The fourth-order valence-electron chi connectivity index (χ4n) is 8.38. The average Bonchev–Trinajstić information content (AvgIpc) is 3.07. The van der Waals surface area contributed by atoms with Gasteiger partial charge in [0.2, 0.25) is 0 Å². The lowest BCUT2D eigenvalue weighted by Crippen LogP contribution is -2.80. The molecule has 0 radical (unpaired) electrons. The summed E-state index contributed by atoms with van der Waals surface area (Å²) in [4.78, 5) is 41.2. The molecular weight excluding hydrogens is 548 g/mol. The van der Waals surface area contributed by atoms with Crippen molar-refractivity contribution in [1.82, 2.24) is 0 Å². The third kappa shape index (κ3) is 3.91. The zero-order valence-corrected chi connectivity index (χ0v) is 26.3. The minimum absolute atomic E-state index is 0.0806. The maximum atomic E-state index is 15.0. The Morgan fingerprint density at radius 3 is 2.47 bits per heavy atom. The summed E-state index contributed by atoms with van der Waals surface area (Å²) < 4.78 is 26.7. The number of phenolic OH excluding ortho intramolecular Hbond substituents is 1. The Hall–Kier alpha value is -3.23. The third-order valence-corrected chi connectivity index (χ3v) is 10.1. The highest BCUT2D eigenvalue weighted by Crippen LogP contribution is 2.70. The molecule has 3 aliphatic heterocycles. The van der Waals surface area contributed by atoms with E-state index in [2.05, 4.69) is 0 Å². The molecular formula is C35H42O8. The largest absolute Gasteiger partial charge is 0.506 e. The van der Waals surface area contributed by atoms with Crippen molar-refractivity contribution >= 4 is 23.9 Å². The van der Waals surface area contributed by atoms with Gasteiger partial charge in [0.15, 0.2) is 22.8 Å². The van der Waals surface area contributed by atoms with E-state index in [0.717, 1.165) is 11.9 Å². The molecule has 8 nitrogen and oxygen atoms in total. The molecule has 6 atom stereocenters. The molecule has 4 bridgehead atoms. The van der Waals surface area contributed by atoms with Crippen LogP contribution in [0.1, 0.15) is 89.7 Å². The summed E-state index contributed by atoms with van der Waals surface area (Å²) >= 11 is 0. The molecule has 3 aliphatic carbocycles. The van der Waals surface area contributed by atoms with Crippen LogP contribution in [0.4, 0.5) is 0 Å². The Balaban J connectivity index is 1.68. The summed E-state index contributed by atoms with van der Waals surface area (Å²) in [6.07, 6.45) is 8.33. The fraction of sp³-hybridized carbons (Fsp3) is 0.571. The summed E-state index contributed by atoms with van der Waals surface area (Å²) in [6.45, 7) is 15.6. The first kappa shape index (κ1) is 29.8. The number of ketones is 2. The Morgan fingerprint density at radius 1 is 1.09 bits per heavy atom. The van der Waals surface area contributed by atoms with E-state index in [0.29, 0.717) is 41.9 Å². The molecule has 1 saturated heterocycles. The monoisotopic (exact) mass is 590 g/mol. The van der Waals surface area contributed by atoms with Crippen LogP contribution in [0, 0.1) is 17.8 Å². The summed E-state index contributed by atoms with van der Waals surface area (Å²) in [5, 5.41) is 11.7. The van der Waals surface area contributed by atoms with Gasteiger partial charge < -0.3 is 24.1 Å². The molecule has 7 rings (SSSR count). The molecule has 1 N–H and O–H groups in total. The number of aromatic hydroxyl groups is 1. The van der Waals surface area contributed by atoms with E-state index in [-0.39, 0.29) is 41.0 Å². The summed E-state index contributed by atoms with van der Waals surface area (Å²) in [7, 11) is 0. The molecule has 8 heteroatoms. The van der Waals surface area contributed by atoms with Crippen molar-refractivity contribution in [1.29, 1.82) is 0 Å². The quantitative estimate of drug-likeness (QED) is 0.244. The second-order valence-electron chi connectivity index (χ2n) is 14.0. The lowest BCUT2D eigenvalue weighted by Gasteiger charge is -2.62. The number of hydrogen-bond donors (Lipinski definition) is 1. The molecule has 6 aliphatic rings. The first-order chi connectivity index (χ1) is 20.2. The van der Waals surface area contributed by atoms with Crippen LogP contribution in [0.15, 0.2) is 29.4 Å². The highest BCUT2D eigenvalue weighted by atomic mass is 16.6. The molecule has 230 valence electrons. The van der Waals surface area contributed by atoms with Gasteiger partial charge in [0, 0.05) is 30.4 Å². The molecule has 0 aromatic heterocycles. The molecule has 0 amide bonds. The lowest BCUT2D eigenvalue weighted by atomic mass is 9.45. The zero-order valence-electron chi connectivity index (χ0n) is 26.3. The minimum Gasteiger partial charge on any atom is -0.506 e. The van der Waals surface area contributed by atoms with E-state index >= 15 is 0 Å². The molecule has 1 aromatic rings. The van der Waals surface area contributed by atoms with Gasteiger partial charge in [-0.1, -0.05) is 17.7 Å². The highest BCUT2D eigenvalue weighted by Gasteiger charge is 2.85. The van der Waals surface area contributed by atoms with E-state index in [1.54, 1.807) is 19.1 Å². The molecule has 0 unspecified atom stereocenters. The number of fused-ring (bicyclic) bond motifs is 2. The standard InChI is InChI=1S/C35H42O8/c1-9-40-30-22-16-23-33(7,8)43-34(31(22)39,15-12-19(4)17-36)35(23)25(30)27(38)24-26(37)20-13-14-32(5,6)41-28(20)21(29(24)42-35)11-10-18(2)3/h10,12-14,17,22-23,25,30,37H,9,11,15-16H2,1-8H3/b19-12-/t22-,23-,25-,30+,34-,35-/m0/s1. The number of carbonyl (C=O) groups excluding carboxylic acids is 3. The van der Waals surface area contributed by atoms with Crippen LogP contribution in [-0.2, 0) is 25.5 Å². The van der Waals surface area contributed by atoms with E-state index < -0.39 is 40.3 Å². The van der Waals surface area contributed by atoms with Crippen LogP contribution in [0.3, 0.4) is 0 Å². The summed E-state index contributed by atoms with van der Waals surface area (Å²) in [5.41, 5.74) is -1.73. The van der Waals surface area contributed by atoms with Crippen molar-refractivity contribution in [3.63, 3.8) is 0 Å². The van der Waals surface area contributed by atoms with E-state index in [1.165, 1.54) is 0 Å². The molecule has 43 heavy (non-hydrogen) atoms. The van der Waals surface area contributed by atoms with Gasteiger partial charge in [-0.15, -0.1) is 0 Å². The Kier molecular flexibility index (Phi) is 6.68. The van der Waals surface area contributed by atoms with E-state index in [9.17, 15) is 19.5 Å². The van der Waals surface area contributed by atoms with Gasteiger partial charge >= 0.3 is 0 Å². The number of benzene rings is 1. The van der Waals surface area contributed by atoms with Crippen molar-refractivity contribution in [2.75, 3.05) is 6.61 Å². The molecule has 1 aromatic carbocycles. The topological polar surface area (TPSA) is 108 Å². The van der Waals surface area contributed by atoms with Crippen molar-refractivity contribution in [3.05, 3.63) is 46.1 Å². The van der Waals surface area contributed by atoms with Crippen LogP contribution < -0.4 is 9.47 Å². The van der Waals surface area contributed by atoms with Gasteiger partial charge in [0.25, 0.3) is 0 Å². The fourth-order valence-corrected chi connectivity index (χ4v) is 8.38. The van der Waals surface area contributed by atoms with Crippen LogP contribution in [0.5, 0.6) is 17.2 Å². The van der Waals surface area contributed by atoms with Gasteiger partial charge in [0.1, 0.15) is 34.7 Å². The van der Waals surface area contributed by atoms with Crippen molar-refractivity contribution in [3.8, 4) is 17.2 Å². The maximum Gasteiger partial charge on any atom is 0.180 e. The predicted molar refractivity (Wildman–Crippen MR) is 161 cm³/mol. The normalized spacial score (nSPS) is 34.1. The number of phenols is 1. The number of Topliss-reactive ketones (excluding diaryl/α,β-unsaturated/α-hetero) is 2. The molecule has 3 saturated carbocycles. The van der Waals surface area contributed by atoms with Crippen LogP contribution >= 0.6 is 0 Å². The second kappa shape index (κ2) is 9.63. The molecule has 4 fully saturated rings. The zero-order chi connectivity index (χ0) is 31.3. The number of hydrogen-bond acceptors (Lipinski definition) is 8. The second-order valence-corrected chi connectivity index (χ2v) is 14.0. The Bertz CT molecular complexity index is 1520. The van der Waals surface area contributed by atoms with Gasteiger partial charge in [-0.2, -0.15) is 0 Å². The van der Waals surface area contributed by atoms with Crippen LogP contribution in [-0.4, -0.2) is 58.1 Å². The summed E-state index contributed by atoms with van der Waals surface area (Å²) in [6, 6.07) is 0. The molecule has 3 heterocycles. The lowest BCUT2D eigenvalue weighted by molar-refractivity contribution is -0.226. The Morgan fingerprint density at radius 2 is 1.81 bits per heavy atom. The van der Waals surface area contributed by atoms with Gasteiger partial charge in [-0.05, 0) is 86.0 Å². The first-order valence-corrected chi connectivity index (χ1v) is 15.3. The summed E-state index contributed by atoms with van der Waals surface area (Å²) in [5.74, 6) is -1.82. The SMILES string of the molecule is CCO[C@@H]1[C@@H]2C[C@H]3C(C)(C)O[C@@](C/C=C(/C)C=O)(C2=O)[C@]32Oc3c(CC=C(C)C)c4c(c(O)c3C(=O)[C@@H]12)C=CC(C)(C)O4. The van der Waals surface area contributed by atoms with E-state index in [1.807, 2.05) is 60.6 Å². The van der Waals surface area contributed by atoms with Gasteiger partial charge in [-0.25, -0.2) is 0 Å². The highest BCUT2D eigenvalue weighted by molar-refractivity contribution is 6.10. The van der Waals surface area contributed by atoms with Crippen molar-refractivity contribution in [2.24, 2.45) is 17.8 Å². The number of ether oxygens (including phenoxy) is 4. The van der Waals surface area contributed by atoms with Crippen molar-refractivity contribution < 1.29 is 38.4 Å².